The standard InChI is InChI=1S/C18H17F3N2O4S/c19-18(20,21)11-4-3-5-13(8-11)28(26,27)22-9-12(10-22)23-16(24)14-6-1-2-7-15(14)17(23)25/h1-5,8,12,14-15H,6-7,9-10H2. The molecule has 2 fully saturated rings. The lowest BCUT2D eigenvalue weighted by Crippen LogP contribution is -2.62. The number of hydrogen-bond acceptors (Lipinski definition) is 4. The lowest BCUT2D eigenvalue weighted by Gasteiger charge is -2.42. The SMILES string of the molecule is O=C1C2CC=CCC2C(=O)N1C1CN(S(=O)(=O)c2cccc(C(F)(F)F)c2)C1. The average Bonchev–Trinajstić information content (AvgIpc) is 2.85. The smallest absolute Gasteiger partial charge is 0.276 e. The highest BCUT2D eigenvalue weighted by Crippen LogP contribution is 2.38. The summed E-state index contributed by atoms with van der Waals surface area (Å²) in [5.41, 5.74) is -1.05. The fourth-order valence-corrected chi connectivity index (χ4v) is 5.51. The summed E-state index contributed by atoms with van der Waals surface area (Å²) in [6, 6.07) is 2.96. The fourth-order valence-electron chi connectivity index (χ4n) is 3.94. The molecule has 0 radical (unpaired) electrons. The van der Waals surface area contributed by atoms with Gasteiger partial charge in [-0.1, -0.05) is 18.2 Å². The highest BCUT2D eigenvalue weighted by molar-refractivity contribution is 7.89. The van der Waals surface area contributed by atoms with E-state index in [4.69, 9.17) is 0 Å². The second-order valence-corrected chi connectivity index (χ2v) is 9.14. The van der Waals surface area contributed by atoms with Gasteiger partial charge in [0.15, 0.2) is 0 Å². The van der Waals surface area contributed by atoms with Crippen LogP contribution in [0.5, 0.6) is 0 Å². The van der Waals surface area contributed by atoms with Crippen LogP contribution < -0.4 is 0 Å². The Bertz CT molecular complexity index is 941. The molecule has 0 aromatic heterocycles. The molecular formula is C18H17F3N2O4S. The monoisotopic (exact) mass is 414 g/mol. The van der Waals surface area contributed by atoms with E-state index in [0.29, 0.717) is 18.9 Å². The first-order valence-electron chi connectivity index (χ1n) is 8.80. The maximum atomic E-state index is 12.9. The molecule has 28 heavy (non-hydrogen) atoms. The van der Waals surface area contributed by atoms with Crippen molar-refractivity contribution in [3.8, 4) is 0 Å². The summed E-state index contributed by atoms with van der Waals surface area (Å²) in [4.78, 5) is 25.8. The number of likely N-dealkylation sites (tertiary alicyclic amines) is 1. The second kappa shape index (κ2) is 6.41. The van der Waals surface area contributed by atoms with E-state index in [1.165, 1.54) is 0 Å². The van der Waals surface area contributed by atoms with E-state index in [-0.39, 0.29) is 24.9 Å². The Morgan fingerprint density at radius 1 is 0.964 bits per heavy atom. The van der Waals surface area contributed by atoms with Crippen LogP contribution in [0.4, 0.5) is 13.2 Å². The van der Waals surface area contributed by atoms with Gasteiger partial charge in [0.05, 0.1) is 28.3 Å². The summed E-state index contributed by atoms with van der Waals surface area (Å²) in [5, 5.41) is 0. The second-order valence-electron chi connectivity index (χ2n) is 7.20. The third-order valence-corrected chi connectivity index (χ3v) is 7.36. The van der Waals surface area contributed by atoms with Crippen LogP contribution >= 0.6 is 0 Å². The molecule has 3 aliphatic rings. The van der Waals surface area contributed by atoms with Gasteiger partial charge in [-0.3, -0.25) is 14.5 Å². The van der Waals surface area contributed by atoms with E-state index < -0.39 is 44.5 Å². The number of alkyl halides is 3. The first-order valence-corrected chi connectivity index (χ1v) is 10.2. The van der Waals surface area contributed by atoms with Gasteiger partial charge >= 0.3 is 6.18 Å². The van der Waals surface area contributed by atoms with Gasteiger partial charge in [-0.15, -0.1) is 0 Å². The van der Waals surface area contributed by atoms with Crippen LogP contribution in [0.25, 0.3) is 0 Å². The van der Waals surface area contributed by atoms with Crippen LogP contribution in [-0.2, 0) is 25.8 Å². The Balaban J connectivity index is 1.49. The first-order chi connectivity index (χ1) is 13.1. The average molecular weight is 414 g/mol. The van der Waals surface area contributed by atoms with Crippen molar-refractivity contribution in [2.24, 2.45) is 11.8 Å². The molecular weight excluding hydrogens is 397 g/mol. The lowest BCUT2D eigenvalue weighted by atomic mass is 9.85. The van der Waals surface area contributed by atoms with Crippen LogP contribution in [-0.4, -0.2) is 48.6 Å². The van der Waals surface area contributed by atoms with E-state index >= 15 is 0 Å². The molecule has 4 rings (SSSR count). The molecule has 1 aromatic carbocycles. The largest absolute Gasteiger partial charge is 0.416 e. The highest BCUT2D eigenvalue weighted by Gasteiger charge is 2.53. The number of allylic oxidation sites excluding steroid dienone is 2. The molecule has 1 aromatic rings. The number of halogens is 3. The van der Waals surface area contributed by atoms with Crippen LogP contribution in [0.15, 0.2) is 41.3 Å². The zero-order valence-electron chi connectivity index (χ0n) is 14.6. The Hall–Kier alpha value is -2.20. The minimum atomic E-state index is -4.65. The maximum Gasteiger partial charge on any atom is 0.416 e. The predicted molar refractivity (Wildman–Crippen MR) is 91.2 cm³/mol. The zero-order valence-corrected chi connectivity index (χ0v) is 15.4. The molecule has 2 saturated heterocycles. The number of carbonyl (C=O) groups excluding carboxylic acids is 2. The number of rotatable bonds is 3. The molecule has 2 unspecified atom stereocenters. The van der Waals surface area contributed by atoms with Gasteiger partial charge in [-0.05, 0) is 31.0 Å². The van der Waals surface area contributed by atoms with E-state index in [1.54, 1.807) is 0 Å². The minimum absolute atomic E-state index is 0.108. The summed E-state index contributed by atoms with van der Waals surface area (Å²) in [6.45, 7) is -0.216. The molecule has 2 atom stereocenters. The van der Waals surface area contributed by atoms with Crippen molar-refractivity contribution < 1.29 is 31.2 Å². The van der Waals surface area contributed by atoms with Crippen molar-refractivity contribution in [1.29, 1.82) is 0 Å². The summed E-state index contributed by atoms with van der Waals surface area (Å²) in [5.74, 6) is -1.38. The van der Waals surface area contributed by atoms with Gasteiger partial charge in [-0.25, -0.2) is 8.42 Å². The van der Waals surface area contributed by atoms with E-state index in [0.717, 1.165) is 27.4 Å². The molecule has 10 heteroatoms. The number of nitrogens with zero attached hydrogens (tertiary/aromatic N) is 2. The summed E-state index contributed by atoms with van der Waals surface area (Å²) in [6.07, 6.45) is 0.0548. The number of sulfonamides is 1. The van der Waals surface area contributed by atoms with Crippen LogP contribution in [0, 0.1) is 11.8 Å². The third kappa shape index (κ3) is 2.95. The van der Waals surface area contributed by atoms with Crippen molar-refractivity contribution in [2.75, 3.05) is 13.1 Å². The molecule has 0 spiro atoms. The third-order valence-electron chi connectivity index (χ3n) is 5.53. The van der Waals surface area contributed by atoms with Crippen molar-refractivity contribution in [2.45, 2.75) is 30.0 Å². The number of amides is 2. The molecule has 2 aliphatic heterocycles. The van der Waals surface area contributed by atoms with Crippen LogP contribution in [0.2, 0.25) is 0 Å². The zero-order chi connectivity index (χ0) is 20.3. The highest BCUT2D eigenvalue weighted by atomic mass is 32.2. The summed E-state index contributed by atoms with van der Waals surface area (Å²) < 4.78 is 64.8. The van der Waals surface area contributed by atoms with Gasteiger partial charge in [0.25, 0.3) is 0 Å². The predicted octanol–water partition coefficient (Wildman–Crippen LogP) is 2.03. The molecule has 2 heterocycles. The van der Waals surface area contributed by atoms with Crippen molar-refractivity contribution in [1.82, 2.24) is 9.21 Å². The summed E-state index contributed by atoms with van der Waals surface area (Å²) >= 11 is 0. The molecule has 1 aliphatic carbocycles. The van der Waals surface area contributed by atoms with E-state index in [9.17, 15) is 31.2 Å². The van der Waals surface area contributed by atoms with Gasteiger partial charge in [0.1, 0.15) is 0 Å². The normalized spacial score (nSPS) is 26.5. The quantitative estimate of drug-likeness (QED) is 0.560. The molecule has 150 valence electrons. The number of imide groups is 1. The van der Waals surface area contributed by atoms with Gasteiger partial charge < -0.3 is 0 Å². The molecule has 0 saturated carbocycles. The Labute approximate surface area is 159 Å². The van der Waals surface area contributed by atoms with Gasteiger partial charge in [0.2, 0.25) is 21.8 Å². The minimum Gasteiger partial charge on any atom is -0.276 e. The number of carbonyl (C=O) groups is 2. The van der Waals surface area contributed by atoms with Gasteiger partial charge in [-0.2, -0.15) is 17.5 Å². The Morgan fingerprint density at radius 3 is 2.07 bits per heavy atom. The Morgan fingerprint density at radius 2 is 1.54 bits per heavy atom. The summed E-state index contributed by atoms with van der Waals surface area (Å²) in [7, 11) is -4.14. The number of fused-ring (bicyclic) bond motifs is 1. The van der Waals surface area contributed by atoms with Gasteiger partial charge in [0, 0.05) is 13.1 Å². The molecule has 2 amide bonds. The molecule has 6 nitrogen and oxygen atoms in total. The van der Waals surface area contributed by atoms with Crippen LogP contribution in [0.1, 0.15) is 18.4 Å². The van der Waals surface area contributed by atoms with Crippen molar-refractivity contribution in [3.05, 3.63) is 42.0 Å². The maximum absolute atomic E-state index is 12.9. The van der Waals surface area contributed by atoms with E-state index in [2.05, 4.69) is 0 Å². The van der Waals surface area contributed by atoms with Crippen molar-refractivity contribution >= 4 is 21.8 Å². The first kappa shape index (κ1) is 19.1. The van der Waals surface area contributed by atoms with Crippen LogP contribution in [0.3, 0.4) is 0 Å². The Kier molecular flexibility index (Phi) is 4.38. The number of hydrogen-bond donors (Lipinski definition) is 0. The van der Waals surface area contributed by atoms with Crippen molar-refractivity contribution in [3.63, 3.8) is 0 Å². The molecule has 0 bridgehead atoms. The molecule has 0 N–H and O–H groups in total. The topological polar surface area (TPSA) is 74.8 Å². The van der Waals surface area contributed by atoms with E-state index in [1.807, 2.05) is 12.2 Å². The fraction of sp³-hybridized carbons (Fsp3) is 0.444. The lowest BCUT2D eigenvalue weighted by molar-refractivity contribution is -0.145. The number of benzene rings is 1.